The van der Waals surface area contributed by atoms with Crippen LogP contribution in [0, 0.1) is 5.82 Å². The molecule has 28 heavy (non-hydrogen) atoms. The van der Waals surface area contributed by atoms with Crippen LogP contribution in [0.2, 0.25) is 0 Å². The Labute approximate surface area is 161 Å². The first-order valence-electron chi connectivity index (χ1n) is 8.35. The van der Waals surface area contributed by atoms with Gasteiger partial charge in [-0.2, -0.15) is 0 Å². The summed E-state index contributed by atoms with van der Waals surface area (Å²) in [4.78, 5) is 24.3. The van der Waals surface area contributed by atoms with E-state index in [4.69, 9.17) is 4.74 Å². The molecule has 2 aromatic rings. The number of rotatable bonds is 6. The maximum absolute atomic E-state index is 13.0. The average Bonchev–Trinajstić information content (AvgIpc) is 3.01. The molecule has 1 saturated heterocycles. The summed E-state index contributed by atoms with van der Waals surface area (Å²) >= 11 is 0. The number of sulfonamides is 1. The van der Waals surface area contributed by atoms with E-state index in [2.05, 4.69) is 10.0 Å². The van der Waals surface area contributed by atoms with Crippen LogP contribution < -0.4 is 14.9 Å². The van der Waals surface area contributed by atoms with Crippen LogP contribution in [0.5, 0.6) is 0 Å². The smallest absolute Gasteiger partial charge is 0.414 e. The highest BCUT2D eigenvalue weighted by atomic mass is 32.2. The first-order chi connectivity index (χ1) is 13.2. The third kappa shape index (κ3) is 4.65. The number of hydrogen-bond donors (Lipinski definition) is 2. The van der Waals surface area contributed by atoms with Crippen molar-refractivity contribution in [2.75, 3.05) is 23.3 Å². The lowest BCUT2D eigenvalue weighted by molar-refractivity contribution is -0.114. The zero-order chi connectivity index (χ0) is 20.3. The van der Waals surface area contributed by atoms with Gasteiger partial charge < -0.3 is 10.1 Å². The second-order valence-electron chi connectivity index (χ2n) is 6.15. The van der Waals surface area contributed by atoms with Crippen LogP contribution in [0.25, 0.3) is 0 Å². The number of carbonyl (C=O) groups excluding carboxylic acids is 2. The van der Waals surface area contributed by atoms with Crippen molar-refractivity contribution in [3.63, 3.8) is 0 Å². The van der Waals surface area contributed by atoms with E-state index in [9.17, 15) is 22.4 Å². The molecule has 0 radical (unpaired) electrons. The standard InChI is InChI=1S/C18H18FN3O5S/c1-12(23)21-14-4-8-17(9-5-14)28(25,26)20-10-16-11-22(18(24)27-16)15-6-2-13(19)3-7-15/h2-9,16,20H,10-11H2,1H3,(H,21,23)/t16-/m0/s1. The molecular weight excluding hydrogens is 389 g/mol. The molecule has 148 valence electrons. The van der Waals surface area contributed by atoms with Gasteiger partial charge in [-0.25, -0.2) is 22.3 Å². The summed E-state index contributed by atoms with van der Waals surface area (Å²) in [6.45, 7) is 1.37. The third-order valence-electron chi connectivity index (χ3n) is 4.00. The lowest BCUT2D eigenvalue weighted by Crippen LogP contribution is -2.34. The number of ether oxygens (including phenoxy) is 1. The van der Waals surface area contributed by atoms with E-state index in [0.717, 1.165) is 0 Å². The summed E-state index contributed by atoms with van der Waals surface area (Å²) in [6.07, 6.45) is -1.32. The molecule has 2 amide bonds. The Kier molecular flexibility index (Phi) is 5.61. The number of amides is 2. The molecule has 8 nitrogen and oxygen atoms in total. The molecular formula is C18H18FN3O5S. The van der Waals surface area contributed by atoms with Crippen molar-refractivity contribution in [3.8, 4) is 0 Å². The second-order valence-corrected chi connectivity index (χ2v) is 7.92. The molecule has 3 rings (SSSR count). The highest BCUT2D eigenvalue weighted by Crippen LogP contribution is 2.22. The molecule has 0 bridgehead atoms. The van der Waals surface area contributed by atoms with Crippen molar-refractivity contribution in [1.29, 1.82) is 0 Å². The monoisotopic (exact) mass is 407 g/mol. The van der Waals surface area contributed by atoms with Gasteiger partial charge in [0.15, 0.2) is 0 Å². The van der Waals surface area contributed by atoms with Crippen molar-refractivity contribution in [2.24, 2.45) is 0 Å². The molecule has 0 spiro atoms. The summed E-state index contributed by atoms with van der Waals surface area (Å²) < 4.78 is 45.4. The second kappa shape index (κ2) is 7.95. The first kappa shape index (κ1) is 19.8. The molecule has 1 aliphatic heterocycles. The predicted octanol–water partition coefficient (Wildman–Crippen LogP) is 2.09. The molecule has 0 aromatic heterocycles. The number of halogens is 1. The largest absolute Gasteiger partial charge is 0.443 e. The zero-order valence-corrected chi connectivity index (χ0v) is 15.7. The van der Waals surface area contributed by atoms with Gasteiger partial charge in [-0.15, -0.1) is 0 Å². The molecule has 2 aromatic carbocycles. The Morgan fingerprint density at radius 2 is 1.82 bits per heavy atom. The van der Waals surface area contributed by atoms with E-state index in [1.165, 1.54) is 60.4 Å². The van der Waals surface area contributed by atoms with Crippen LogP contribution >= 0.6 is 0 Å². The summed E-state index contributed by atoms with van der Waals surface area (Å²) in [6, 6.07) is 11.0. The number of nitrogens with zero attached hydrogens (tertiary/aromatic N) is 1. The van der Waals surface area contributed by atoms with Crippen molar-refractivity contribution in [2.45, 2.75) is 17.9 Å². The van der Waals surface area contributed by atoms with E-state index in [1.54, 1.807) is 0 Å². The van der Waals surface area contributed by atoms with Crippen LogP contribution in [-0.2, 0) is 19.6 Å². The minimum Gasteiger partial charge on any atom is -0.443 e. The molecule has 2 N–H and O–H groups in total. The van der Waals surface area contributed by atoms with E-state index < -0.39 is 28.0 Å². The van der Waals surface area contributed by atoms with Gasteiger partial charge in [-0.05, 0) is 48.5 Å². The normalized spacial score (nSPS) is 16.7. The molecule has 0 unspecified atom stereocenters. The Balaban J connectivity index is 1.61. The van der Waals surface area contributed by atoms with Crippen LogP contribution in [0.4, 0.5) is 20.6 Å². The number of cyclic esters (lactones) is 1. The Morgan fingerprint density at radius 3 is 2.43 bits per heavy atom. The highest BCUT2D eigenvalue weighted by molar-refractivity contribution is 7.89. The summed E-state index contributed by atoms with van der Waals surface area (Å²) in [5.41, 5.74) is 0.941. The summed E-state index contributed by atoms with van der Waals surface area (Å²) in [5.74, 6) is -0.687. The maximum Gasteiger partial charge on any atom is 0.414 e. The van der Waals surface area contributed by atoms with Gasteiger partial charge in [-0.3, -0.25) is 9.69 Å². The van der Waals surface area contributed by atoms with Gasteiger partial charge in [0.1, 0.15) is 11.9 Å². The van der Waals surface area contributed by atoms with Crippen LogP contribution in [0.3, 0.4) is 0 Å². The van der Waals surface area contributed by atoms with Gasteiger partial charge in [0, 0.05) is 24.8 Å². The number of nitrogens with one attached hydrogen (secondary N) is 2. The topological polar surface area (TPSA) is 105 Å². The SMILES string of the molecule is CC(=O)Nc1ccc(S(=O)(=O)NC[C@H]2CN(c3ccc(F)cc3)C(=O)O2)cc1. The van der Waals surface area contributed by atoms with Crippen LogP contribution in [0.1, 0.15) is 6.92 Å². The number of benzene rings is 2. The molecule has 0 aliphatic carbocycles. The molecule has 10 heteroatoms. The first-order valence-corrected chi connectivity index (χ1v) is 9.84. The van der Waals surface area contributed by atoms with Crippen molar-refractivity contribution < 1.29 is 27.1 Å². The molecule has 1 aliphatic rings. The van der Waals surface area contributed by atoms with Crippen molar-refractivity contribution >= 4 is 33.4 Å². The molecule has 1 atom stereocenters. The number of carbonyl (C=O) groups is 2. The summed E-state index contributed by atoms with van der Waals surface area (Å²) in [5, 5.41) is 2.55. The van der Waals surface area contributed by atoms with Gasteiger partial charge in [0.25, 0.3) is 0 Å². The molecule has 1 fully saturated rings. The van der Waals surface area contributed by atoms with Gasteiger partial charge in [-0.1, -0.05) is 0 Å². The minimum absolute atomic E-state index is 0.0151. The van der Waals surface area contributed by atoms with Crippen LogP contribution in [0.15, 0.2) is 53.4 Å². The average molecular weight is 407 g/mol. The number of hydrogen-bond acceptors (Lipinski definition) is 5. The fraction of sp³-hybridized carbons (Fsp3) is 0.222. The lowest BCUT2D eigenvalue weighted by Gasteiger charge is -2.13. The molecule has 1 heterocycles. The zero-order valence-electron chi connectivity index (χ0n) is 14.9. The maximum atomic E-state index is 13.0. The molecule has 0 saturated carbocycles. The minimum atomic E-state index is -3.82. The van der Waals surface area contributed by atoms with Gasteiger partial charge in [0.05, 0.1) is 11.4 Å². The van der Waals surface area contributed by atoms with E-state index >= 15 is 0 Å². The van der Waals surface area contributed by atoms with Crippen LogP contribution in [-0.4, -0.2) is 39.6 Å². The lowest BCUT2D eigenvalue weighted by atomic mass is 10.2. The van der Waals surface area contributed by atoms with Gasteiger partial charge in [0.2, 0.25) is 15.9 Å². The predicted molar refractivity (Wildman–Crippen MR) is 99.9 cm³/mol. The van der Waals surface area contributed by atoms with E-state index in [-0.39, 0.29) is 23.9 Å². The van der Waals surface area contributed by atoms with Crippen molar-refractivity contribution in [1.82, 2.24) is 4.72 Å². The fourth-order valence-electron chi connectivity index (χ4n) is 2.67. The Bertz CT molecular complexity index is 977. The van der Waals surface area contributed by atoms with E-state index in [1.807, 2.05) is 0 Å². The highest BCUT2D eigenvalue weighted by Gasteiger charge is 2.33. The Morgan fingerprint density at radius 1 is 1.18 bits per heavy atom. The fourth-order valence-corrected chi connectivity index (χ4v) is 3.73. The summed E-state index contributed by atoms with van der Waals surface area (Å²) in [7, 11) is -3.82. The third-order valence-corrected chi connectivity index (χ3v) is 5.44. The van der Waals surface area contributed by atoms with Crippen molar-refractivity contribution in [3.05, 3.63) is 54.3 Å². The van der Waals surface area contributed by atoms with E-state index in [0.29, 0.717) is 11.4 Å². The quantitative estimate of drug-likeness (QED) is 0.763. The van der Waals surface area contributed by atoms with Gasteiger partial charge >= 0.3 is 6.09 Å². The number of anilines is 2. The Hall–Kier alpha value is -2.98.